The summed E-state index contributed by atoms with van der Waals surface area (Å²) in [5.41, 5.74) is 1.86. The van der Waals surface area contributed by atoms with Gasteiger partial charge in [-0.1, -0.05) is 18.2 Å². The molecule has 0 atom stereocenters. The van der Waals surface area contributed by atoms with E-state index in [9.17, 15) is 4.79 Å². The topological polar surface area (TPSA) is 95.2 Å². The van der Waals surface area contributed by atoms with E-state index in [2.05, 4.69) is 44.6 Å². The lowest BCUT2D eigenvalue weighted by molar-refractivity contribution is 0.0401. The van der Waals surface area contributed by atoms with E-state index in [1.807, 2.05) is 54.6 Å². The van der Waals surface area contributed by atoms with Crippen LogP contribution in [0.2, 0.25) is 0 Å². The summed E-state index contributed by atoms with van der Waals surface area (Å²) in [7, 11) is 4.21. The molecule has 1 saturated carbocycles. The van der Waals surface area contributed by atoms with Gasteiger partial charge >= 0.3 is 0 Å². The number of para-hydroxylation sites is 1. The Hall–Kier alpha value is -3.91. The number of aromatic amines is 1. The summed E-state index contributed by atoms with van der Waals surface area (Å²) >= 11 is 0. The Balaban J connectivity index is 1.24. The van der Waals surface area contributed by atoms with E-state index < -0.39 is 0 Å². The Labute approximate surface area is 191 Å². The molecular weight excluding hydrogens is 416 g/mol. The van der Waals surface area contributed by atoms with Gasteiger partial charge in [0.15, 0.2) is 0 Å². The molecule has 0 radical (unpaired) electrons. The second kappa shape index (κ2) is 8.91. The third-order valence-electron chi connectivity index (χ3n) is 5.89. The predicted molar refractivity (Wildman–Crippen MR) is 131 cm³/mol. The van der Waals surface area contributed by atoms with Gasteiger partial charge < -0.3 is 25.3 Å². The number of benzene rings is 2. The molecule has 0 aliphatic heterocycles. The summed E-state index contributed by atoms with van der Waals surface area (Å²) in [4.78, 5) is 26.3. The molecule has 33 heavy (non-hydrogen) atoms. The lowest BCUT2D eigenvalue weighted by Crippen LogP contribution is -2.46. The predicted octanol–water partition coefficient (Wildman–Crippen LogP) is 4.28. The number of rotatable bonds is 7. The van der Waals surface area contributed by atoms with Crippen LogP contribution >= 0.6 is 0 Å². The van der Waals surface area contributed by atoms with E-state index in [1.54, 1.807) is 12.3 Å². The molecule has 3 N–H and O–H groups in total. The van der Waals surface area contributed by atoms with Gasteiger partial charge in [0.1, 0.15) is 23.4 Å². The number of pyridine rings is 1. The fourth-order valence-corrected chi connectivity index (χ4v) is 3.86. The van der Waals surface area contributed by atoms with Crippen molar-refractivity contribution in [1.29, 1.82) is 0 Å². The Morgan fingerprint density at radius 1 is 1.03 bits per heavy atom. The fraction of sp³-hybridized carbons (Fsp3) is 0.240. The van der Waals surface area contributed by atoms with Crippen molar-refractivity contribution in [3.05, 3.63) is 77.2 Å². The number of ether oxygens (including phenoxy) is 1. The molecular formula is C25H26N6O2. The maximum atomic E-state index is 12.4. The lowest BCUT2D eigenvalue weighted by atomic mass is 9.88. The number of fused-ring (bicyclic) bond motifs is 1. The van der Waals surface area contributed by atoms with E-state index in [0.717, 1.165) is 35.2 Å². The smallest absolute Gasteiger partial charge is 0.272 e. The maximum absolute atomic E-state index is 12.4. The fourth-order valence-electron chi connectivity index (χ4n) is 3.86. The molecule has 0 amide bonds. The molecule has 2 aromatic heterocycles. The first-order valence-corrected chi connectivity index (χ1v) is 11.0. The molecule has 0 bridgehead atoms. The molecule has 4 aromatic rings. The van der Waals surface area contributed by atoms with Crippen LogP contribution in [0.4, 0.5) is 23.1 Å². The Bertz CT molecular complexity index is 1310. The SMILES string of the molecule is CN(C)C1CC(Oc2ccc(Nc3nccc(Nc4cc5ccccc5[nH]c4=O)n3)cc2)C1. The second-order valence-electron chi connectivity index (χ2n) is 8.47. The van der Waals surface area contributed by atoms with Gasteiger partial charge in [0.05, 0.1) is 0 Å². The van der Waals surface area contributed by atoms with Gasteiger partial charge in [-0.05, 0) is 69.4 Å². The van der Waals surface area contributed by atoms with Crippen LogP contribution in [0.3, 0.4) is 0 Å². The van der Waals surface area contributed by atoms with Crippen LogP contribution in [0.5, 0.6) is 5.75 Å². The molecule has 168 valence electrons. The highest BCUT2D eigenvalue weighted by atomic mass is 16.5. The summed E-state index contributed by atoms with van der Waals surface area (Å²) in [6, 6.07) is 19.5. The number of H-pyrrole nitrogens is 1. The normalized spacial score (nSPS) is 17.5. The van der Waals surface area contributed by atoms with Gasteiger partial charge in [-0.15, -0.1) is 0 Å². The molecule has 1 fully saturated rings. The number of hydrogen-bond donors (Lipinski definition) is 3. The van der Waals surface area contributed by atoms with Crippen molar-refractivity contribution in [1.82, 2.24) is 19.9 Å². The highest BCUT2D eigenvalue weighted by Crippen LogP contribution is 2.29. The lowest BCUT2D eigenvalue weighted by Gasteiger charge is -2.39. The average molecular weight is 443 g/mol. The molecule has 0 saturated heterocycles. The van der Waals surface area contributed by atoms with E-state index in [-0.39, 0.29) is 11.7 Å². The van der Waals surface area contributed by atoms with Crippen LogP contribution in [-0.2, 0) is 0 Å². The largest absolute Gasteiger partial charge is 0.490 e. The minimum absolute atomic E-state index is 0.208. The van der Waals surface area contributed by atoms with Crippen molar-refractivity contribution in [2.75, 3.05) is 24.7 Å². The Morgan fingerprint density at radius 2 is 1.82 bits per heavy atom. The molecule has 0 spiro atoms. The third kappa shape index (κ3) is 4.80. The first-order chi connectivity index (χ1) is 16.0. The van der Waals surface area contributed by atoms with Crippen LogP contribution in [0, 0.1) is 0 Å². The summed E-state index contributed by atoms with van der Waals surface area (Å²) in [5.74, 6) is 1.81. The van der Waals surface area contributed by atoms with E-state index in [0.29, 0.717) is 23.5 Å². The molecule has 2 heterocycles. The van der Waals surface area contributed by atoms with E-state index >= 15 is 0 Å². The third-order valence-corrected chi connectivity index (χ3v) is 5.89. The summed E-state index contributed by atoms with van der Waals surface area (Å²) in [6.45, 7) is 0. The van der Waals surface area contributed by atoms with Crippen molar-refractivity contribution in [3.8, 4) is 5.75 Å². The number of hydrogen-bond acceptors (Lipinski definition) is 7. The minimum Gasteiger partial charge on any atom is -0.490 e. The first-order valence-electron chi connectivity index (χ1n) is 11.0. The van der Waals surface area contributed by atoms with Gasteiger partial charge in [0.25, 0.3) is 5.56 Å². The second-order valence-corrected chi connectivity index (χ2v) is 8.47. The molecule has 5 rings (SSSR count). The summed E-state index contributed by atoms with van der Waals surface area (Å²) in [6.07, 6.45) is 4.03. The number of nitrogens with zero attached hydrogens (tertiary/aromatic N) is 3. The van der Waals surface area contributed by atoms with Crippen LogP contribution in [-0.4, -0.2) is 46.1 Å². The Morgan fingerprint density at radius 3 is 2.61 bits per heavy atom. The standard InChI is InChI=1S/C25H26N6O2/c1-31(2)18-14-20(15-18)33-19-9-7-17(8-10-19)27-25-26-12-11-23(30-25)28-22-13-16-5-3-4-6-21(16)29-24(22)32/h3-13,18,20H,14-15H2,1-2H3,(H,29,32)(H2,26,27,28,30). The van der Waals surface area contributed by atoms with Crippen molar-refractivity contribution in [2.45, 2.75) is 25.0 Å². The van der Waals surface area contributed by atoms with Gasteiger partial charge in [-0.25, -0.2) is 4.98 Å². The average Bonchev–Trinajstić information content (AvgIpc) is 2.77. The van der Waals surface area contributed by atoms with Gasteiger partial charge in [0, 0.05) is 28.8 Å². The quantitative estimate of drug-likeness (QED) is 0.393. The van der Waals surface area contributed by atoms with Crippen LogP contribution < -0.4 is 20.9 Å². The van der Waals surface area contributed by atoms with Crippen LogP contribution in [0.25, 0.3) is 10.9 Å². The zero-order valence-corrected chi connectivity index (χ0v) is 18.6. The maximum Gasteiger partial charge on any atom is 0.272 e. The zero-order valence-electron chi connectivity index (χ0n) is 18.6. The van der Waals surface area contributed by atoms with Crippen molar-refractivity contribution in [3.63, 3.8) is 0 Å². The highest BCUT2D eigenvalue weighted by Gasteiger charge is 2.32. The molecule has 1 aliphatic rings. The van der Waals surface area contributed by atoms with Crippen LogP contribution in [0.15, 0.2) is 71.7 Å². The van der Waals surface area contributed by atoms with Gasteiger partial charge in [-0.3, -0.25) is 4.79 Å². The molecule has 0 unspecified atom stereocenters. The monoisotopic (exact) mass is 442 g/mol. The molecule has 1 aliphatic carbocycles. The molecule has 8 heteroatoms. The van der Waals surface area contributed by atoms with Crippen LogP contribution in [0.1, 0.15) is 12.8 Å². The van der Waals surface area contributed by atoms with Crippen molar-refractivity contribution < 1.29 is 4.74 Å². The number of aromatic nitrogens is 3. The van der Waals surface area contributed by atoms with Gasteiger partial charge in [-0.2, -0.15) is 4.98 Å². The number of nitrogens with one attached hydrogen (secondary N) is 3. The Kier molecular flexibility index (Phi) is 5.66. The molecule has 2 aromatic carbocycles. The van der Waals surface area contributed by atoms with Crippen molar-refractivity contribution >= 4 is 34.0 Å². The zero-order chi connectivity index (χ0) is 22.8. The number of anilines is 4. The summed E-state index contributed by atoms with van der Waals surface area (Å²) in [5, 5.41) is 7.22. The summed E-state index contributed by atoms with van der Waals surface area (Å²) < 4.78 is 6.03. The highest BCUT2D eigenvalue weighted by molar-refractivity contribution is 5.82. The van der Waals surface area contributed by atoms with E-state index in [1.165, 1.54) is 0 Å². The van der Waals surface area contributed by atoms with Gasteiger partial charge in [0.2, 0.25) is 5.95 Å². The van der Waals surface area contributed by atoms with Crippen molar-refractivity contribution in [2.24, 2.45) is 0 Å². The van der Waals surface area contributed by atoms with E-state index in [4.69, 9.17) is 4.74 Å². The molecule has 8 nitrogen and oxygen atoms in total. The minimum atomic E-state index is -0.208. The first kappa shape index (κ1) is 21.0.